The minimum absolute atomic E-state index is 0.0530. The second kappa shape index (κ2) is 8.83. The van der Waals surface area contributed by atoms with Crippen molar-refractivity contribution in [2.45, 2.75) is 59.4 Å². The second-order valence-electron chi connectivity index (χ2n) is 6.93. The first-order chi connectivity index (χ1) is 11.1. The highest BCUT2D eigenvalue weighted by atomic mass is 16.6. The molecule has 5 nitrogen and oxygen atoms in total. The van der Waals surface area contributed by atoms with Crippen molar-refractivity contribution in [3.05, 3.63) is 29.3 Å². The molecular formula is C19H29NO4. The lowest BCUT2D eigenvalue weighted by Gasteiger charge is -2.19. The zero-order valence-electron chi connectivity index (χ0n) is 15.5. The van der Waals surface area contributed by atoms with Crippen LogP contribution in [0, 0.1) is 5.92 Å². The Morgan fingerprint density at radius 2 is 1.50 bits per heavy atom. The van der Waals surface area contributed by atoms with E-state index in [0.29, 0.717) is 5.75 Å². The molecule has 0 saturated heterocycles. The number of nitrogens with two attached hydrogens (primary N) is 1. The highest BCUT2D eigenvalue weighted by Gasteiger charge is 2.22. The molecule has 0 saturated carbocycles. The Morgan fingerprint density at radius 3 is 1.92 bits per heavy atom. The molecule has 0 bridgehead atoms. The monoisotopic (exact) mass is 335 g/mol. The number of hydrogen-bond acceptors (Lipinski definition) is 5. The van der Waals surface area contributed by atoms with Gasteiger partial charge in [0.05, 0.1) is 0 Å². The molecule has 0 fully saturated rings. The molecule has 2 N–H and O–H groups in total. The standard InChI is InChI=1S/C19H29NO4/c1-11(2)14-8-7-9-15(12(3)4)18(14)24-16(21)10-23-19(22)17(20)13(5)6/h7-9,11-13,17H,10,20H2,1-6H3. The van der Waals surface area contributed by atoms with E-state index in [4.69, 9.17) is 15.2 Å². The molecule has 0 aliphatic rings. The summed E-state index contributed by atoms with van der Waals surface area (Å²) in [6.07, 6.45) is 0. The number of benzene rings is 1. The van der Waals surface area contributed by atoms with Gasteiger partial charge in [-0.15, -0.1) is 0 Å². The maximum atomic E-state index is 12.1. The number of carbonyl (C=O) groups excluding carboxylic acids is 2. The average molecular weight is 335 g/mol. The van der Waals surface area contributed by atoms with Crippen LogP contribution in [-0.2, 0) is 14.3 Å². The maximum Gasteiger partial charge on any atom is 0.349 e. The van der Waals surface area contributed by atoms with Crippen LogP contribution in [0.4, 0.5) is 0 Å². The Labute approximate surface area is 144 Å². The molecule has 0 amide bonds. The molecule has 0 aliphatic heterocycles. The van der Waals surface area contributed by atoms with Gasteiger partial charge < -0.3 is 15.2 Å². The highest BCUT2D eigenvalue weighted by Crippen LogP contribution is 2.34. The zero-order chi connectivity index (χ0) is 18.4. The summed E-state index contributed by atoms with van der Waals surface area (Å²) in [6.45, 7) is 11.4. The van der Waals surface area contributed by atoms with Gasteiger partial charge >= 0.3 is 11.9 Å². The van der Waals surface area contributed by atoms with Crippen LogP contribution in [0.5, 0.6) is 5.75 Å². The van der Waals surface area contributed by atoms with Crippen molar-refractivity contribution >= 4 is 11.9 Å². The lowest BCUT2D eigenvalue weighted by atomic mass is 9.94. The van der Waals surface area contributed by atoms with E-state index in [1.807, 2.05) is 59.7 Å². The molecule has 5 heteroatoms. The van der Waals surface area contributed by atoms with Crippen LogP contribution in [0.1, 0.15) is 64.5 Å². The summed E-state index contributed by atoms with van der Waals surface area (Å²) in [6, 6.07) is 5.11. The van der Waals surface area contributed by atoms with E-state index in [1.54, 1.807) is 0 Å². The van der Waals surface area contributed by atoms with Crippen LogP contribution in [0.25, 0.3) is 0 Å². The highest BCUT2D eigenvalue weighted by molar-refractivity contribution is 5.81. The molecule has 0 radical (unpaired) electrons. The summed E-state index contributed by atoms with van der Waals surface area (Å²) >= 11 is 0. The van der Waals surface area contributed by atoms with Gasteiger partial charge in [-0.1, -0.05) is 59.7 Å². The molecule has 1 aromatic carbocycles. The SMILES string of the molecule is CC(C)c1cccc(C(C)C)c1OC(=O)COC(=O)C(N)C(C)C. The van der Waals surface area contributed by atoms with E-state index in [-0.39, 0.29) is 17.8 Å². The molecule has 1 rings (SSSR count). The summed E-state index contributed by atoms with van der Waals surface area (Å²) in [5.74, 6) is -0.260. The summed E-state index contributed by atoms with van der Waals surface area (Å²) in [7, 11) is 0. The molecule has 0 aromatic heterocycles. The van der Waals surface area contributed by atoms with Crippen molar-refractivity contribution in [2.24, 2.45) is 11.7 Å². The van der Waals surface area contributed by atoms with Gasteiger partial charge in [0.1, 0.15) is 11.8 Å². The van der Waals surface area contributed by atoms with Crippen molar-refractivity contribution in [1.82, 2.24) is 0 Å². The van der Waals surface area contributed by atoms with Gasteiger partial charge in [0.2, 0.25) is 0 Å². The van der Waals surface area contributed by atoms with Crippen LogP contribution in [0.3, 0.4) is 0 Å². The molecular weight excluding hydrogens is 306 g/mol. The largest absolute Gasteiger partial charge is 0.452 e. The van der Waals surface area contributed by atoms with E-state index in [9.17, 15) is 9.59 Å². The van der Waals surface area contributed by atoms with Gasteiger partial charge in [-0.05, 0) is 28.9 Å². The number of rotatable bonds is 7. The number of esters is 2. The first kappa shape index (κ1) is 20.2. The smallest absolute Gasteiger partial charge is 0.349 e. The van der Waals surface area contributed by atoms with Crippen molar-refractivity contribution in [2.75, 3.05) is 6.61 Å². The molecule has 0 heterocycles. The fourth-order valence-electron chi connectivity index (χ4n) is 2.24. The maximum absolute atomic E-state index is 12.1. The van der Waals surface area contributed by atoms with Crippen molar-refractivity contribution < 1.29 is 19.1 Å². The number of ether oxygens (including phenoxy) is 2. The van der Waals surface area contributed by atoms with E-state index >= 15 is 0 Å². The molecule has 24 heavy (non-hydrogen) atoms. The third kappa shape index (κ3) is 5.34. The van der Waals surface area contributed by atoms with Crippen molar-refractivity contribution in [3.8, 4) is 5.75 Å². The Bertz CT molecular complexity index is 552. The van der Waals surface area contributed by atoms with Crippen LogP contribution in [0.15, 0.2) is 18.2 Å². The number of hydrogen-bond donors (Lipinski definition) is 1. The summed E-state index contributed by atoms with van der Waals surface area (Å²) < 4.78 is 10.5. The Balaban J connectivity index is 2.85. The third-order valence-electron chi connectivity index (χ3n) is 3.86. The van der Waals surface area contributed by atoms with Gasteiger partial charge in [-0.3, -0.25) is 4.79 Å². The van der Waals surface area contributed by atoms with Gasteiger partial charge in [0.25, 0.3) is 0 Å². The van der Waals surface area contributed by atoms with Crippen LogP contribution >= 0.6 is 0 Å². The Kier molecular flexibility index (Phi) is 7.42. The van der Waals surface area contributed by atoms with Crippen molar-refractivity contribution in [3.63, 3.8) is 0 Å². The Morgan fingerprint density at radius 1 is 1.00 bits per heavy atom. The lowest BCUT2D eigenvalue weighted by Crippen LogP contribution is -2.38. The number of carbonyl (C=O) groups is 2. The summed E-state index contributed by atoms with van der Waals surface area (Å²) in [4.78, 5) is 23.9. The van der Waals surface area contributed by atoms with Crippen LogP contribution < -0.4 is 10.5 Å². The Hall–Kier alpha value is -1.88. The number of para-hydroxylation sites is 1. The van der Waals surface area contributed by atoms with E-state index in [0.717, 1.165) is 11.1 Å². The van der Waals surface area contributed by atoms with Gasteiger partial charge in [-0.25, -0.2) is 4.79 Å². The normalized spacial score (nSPS) is 12.6. The summed E-state index contributed by atoms with van der Waals surface area (Å²) in [5, 5.41) is 0. The molecule has 0 aliphatic carbocycles. The van der Waals surface area contributed by atoms with E-state index < -0.39 is 24.6 Å². The first-order valence-electron chi connectivity index (χ1n) is 8.40. The lowest BCUT2D eigenvalue weighted by molar-refractivity contribution is -0.155. The van der Waals surface area contributed by atoms with Crippen LogP contribution in [-0.4, -0.2) is 24.6 Å². The average Bonchev–Trinajstić information content (AvgIpc) is 2.51. The van der Waals surface area contributed by atoms with E-state index in [1.165, 1.54) is 0 Å². The van der Waals surface area contributed by atoms with Gasteiger partial charge in [0, 0.05) is 0 Å². The summed E-state index contributed by atoms with van der Waals surface area (Å²) in [5.41, 5.74) is 7.62. The first-order valence-corrected chi connectivity index (χ1v) is 8.40. The molecule has 134 valence electrons. The van der Waals surface area contributed by atoms with Crippen molar-refractivity contribution in [1.29, 1.82) is 0 Å². The second-order valence-corrected chi connectivity index (χ2v) is 6.93. The topological polar surface area (TPSA) is 78.6 Å². The molecule has 1 unspecified atom stereocenters. The van der Waals surface area contributed by atoms with E-state index in [2.05, 4.69) is 0 Å². The molecule has 1 aromatic rings. The van der Waals surface area contributed by atoms with Gasteiger partial charge in [0.15, 0.2) is 6.61 Å². The molecule has 1 atom stereocenters. The predicted octanol–water partition coefficient (Wildman–Crippen LogP) is 3.37. The third-order valence-corrected chi connectivity index (χ3v) is 3.86. The predicted molar refractivity (Wildman–Crippen MR) is 94.0 cm³/mol. The fraction of sp³-hybridized carbons (Fsp3) is 0.579. The van der Waals surface area contributed by atoms with Gasteiger partial charge in [-0.2, -0.15) is 0 Å². The van der Waals surface area contributed by atoms with Crippen LogP contribution in [0.2, 0.25) is 0 Å². The zero-order valence-corrected chi connectivity index (χ0v) is 15.5. The minimum atomic E-state index is -0.744. The quantitative estimate of drug-likeness (QED) is 0.610. The molecule has 0 spiro atoms. The fourth-order valence-corrected chi connectivity index (χ4v) is 2.24. The minimum Gasteiger partial charge on any atom is -0.452 e.